The van der Waals surface area contributed by atoms with Gasteiger partial charge in [0.15, 0.2) is 0 Å². The average molecular weight is 311 g/mol. The molecular formula is C14H15F6N. The van der Waals surface area contributed by atoms with E-state index >= 15 is 0 Å². The second kappa shape index (κ2) is 5.51. The monoisotopic (exact) mass is 311 g/mol. The third kappa shape index (κ3) is 4.12. The Bertz CT molecular complexity index is 473. The predicted molar refractivity (Wildman–Crippen MR) is 65.5 cm³/mol. The van der Waals surface area contributed by atoms with Gasteiger partial charge >= 0.3 is 12.4 Å². The summed E-state index contributed by atoms with van der Waals surface area (Å²) in [5, 5.41) is 3.00. The summed E-state index contributed by atoms with van der Waals surface area (Å²) >= 11 is 0. The first-order valence-electron chi connectivity index (χ1n) is 6.63. The molecular weight excluding hydrogens is 296 g/mol. The van der Waals surface area contributed by atoms with Crippen LogP contribution in [0.1, 0.15) is 36.5 Å². The Kier molecular flexibility index (Phi) is 4.24. The summed E-state index contributed by atoms with van der Waals surface area (Å²) in [5.74, 6) is 0.470. The first kappa shape index (κ1) is 16.1. The molecule has 1 fully saturated rings. The number of nitrogens with one attached hydrogen (secondary N) is 1. The van der Waals surface area contributed by atoms with Crippen LogP contribution < -0.4 is 5.32 Å². The number of halogens is 6. The lowest BCUT2D eigenvalue weighted by atomic mass is 10.0. The van der Waals surface area contributed by atoms with E-state index in [9.17, 15) is 26.3 Å². The number of hydrogen-bond acceptors (Lipinski definition) is 1. The molecule has 0 bridgehead atoms. The van der Waals surface area contributed by atoms with E-state index in [-0.39, 0.29) is 24.2 Å². The summed E-state index contributed by atoms with van der Waals surface area (Å²) < 4.78 is 76.1. The van der Waals surface area contributed by atoms with Crippen LogP contribution in [-0.4, -0.2) is 6.04 Å². The quantitative estimate of drug-likeness (QED) is 0.801. The molecule has 1 N–H and O–H groups in total. The van der Waals surface area contributed by atoms with Crippen molar-refractivity contribution in [2.45, 2.75) is 44.7 Å². The van der Waals surface area contributed by atoms with Crippen LogP contribution in [0.3, 0.4) is 0 Å². The summed E-state index contributed by atoms with van der Waals surface area (Å²) in [7, 11) is 0. The van der Waals surface area contributed by atoms with Crippen molar-refractivity contribution in [3.05, 3.63) is 34.9 Å². The van der Waals surface area contributed by atoms with Crippen LogP contribution in [0.5, 0.6) is 0 Å². The highest BCUT2D eigenvalue weighted by Gasteiger charge is 2.38. The topological polar surface area (TPSA) is 12.0 Å². The van der Waals surface area contributed by atoms with E-state index in [0.717, 1.165) is 25.0 Å². The summed E-state index contributed by atoms with van der Waals surface area (Å²) in [6, 6.07) is 1.88. The fourth-order valence-corrected chi connectivity index (χ4v) is 2.32. The molecule has 0 radical (unpaired) electrons. The number of hydrogen-bond donors (Lipinski definition) is 1. The molecule has 0 amide bonds. The van der Waals surface area contributed by atoms with Gasteiger partial charge in [-0.1, -0.05) is 13.3 Å². The van der Waals surface area contributed by atoms with E-state index in [4.69, 9.17) is 0 Å². The molecule has 1 aliphatic rings. The minimum atomic E-state index is -4.79. The van der Waals surface area contributed by atoms with Crippen molar-refractivity contribution in [2.75, 3.05) is 0 Å². The molecule has 7 heteroatoms. The normalized spacial score (nSPS) is 22.4. The second-order valence-corrected chi connectivity index (χ2v) is 5.31. The summed E-state index contributed by atoms with van der Waals surface area (Å²) in [5.41, 5.74) is -2.53. The fourth-order valence-electron chi connectivity index (χ4n) is 2.32. The summed E-state index contributed by atoms with van der Waals surface area (Å²) in [6.45, 7) is 2.01. The Labute approximate surface area is 118 Å². The van der Waals surface area contributed by atoms with Crippen molar-refractivity contribution in [3.8, 4) is 0 Å². The molecule has 1 aliphatic carbocycles. The highest BCUT2D eigenvalue weighted by Crippen LogP contribution is 2.37. The van der Waals surface area contributed by atoms with Crippen LogP contribution in [0.15, 0.2) is 18.2 Å². The minimum Gasteiger partial charge on any atom is -0.310 e. The van der Waals surface area contributed by atoms with Crippen molar-refractivity contribution in [1.82, 2.24) is 5.32 Å². The minimum absolute atomic E-state index is 0.00102. The molecule has 118 valence electrons. The molecule has 0 saturated heterocycles. The SMILES string of the molecule is CCC1CC1NCc1cc(C(F)(F)F)cc(C(F)(F)F)c1. The molecule has 1 aromatic carbocycles. The van der Waals surface area contributed by atoms with E-state index in [1.165, 1.54) is 0 Å². The molecule has 0 heterocycles. The Morgan fingerprint density at radius 3 is 1.90 bits per heavy atom. The van der Waals surface area contributed by atoms with Crippen molar-refractivity contribution >= 4 is 0 Å². The van der Waals surface area contributed by atoms with Gasteiger partial charge in [-0.2, -0.15) is 26.3 Å². The maximum absolute atomic E-state index is 12.7. The van der Waals surface area contributed by atoms with Crippen molar-refractivity contribution < 1.29 is 26.3 Å². The standard InChI is InChI=1S/C14H15F6N/c1-2-9-5-12(9)21-7-8-3-10(13(15,16)17)6-11(4-8)14(18,19)20/h3-4,6,9,12,21H,2,5,7H2,1H3. The molecule has 2 unspecified atom stereocenters. The van der Waals surface area contributed by atoms with Crippen LogP contribution in [-0.2, 0) is 18.9 Å². The van der Waals surface area contributed by atoms with Crippen LogP contribution >= 0.6 is 0 Å². The van der Waals surface area contributed by atoms with Gasteiger partial charge in [0.05, 0.1) is 11.1 Å². The highest BCUT2D eigenvalue weighted by molar-refractivity contribution is 5.33. The Hall–Kier alpha value is -1.24. The van der Waals surface area contributed by atoms with E-state index in [1.54, 1.807) is 0 Å². The zero-order chi connectivity index (χ0) is 15.8. The van der Waals surface area contributed by atoms with Crippen LogP contribution in [0, 0.1) is 5.92 Å². The van der Waals surface area contributed by atoms with E-state index in [2.05, 4.69) is 5.32 Å². The molecule has 2 rings (SSSR count). The maximum Gasteiger partial charge on any atom is 0.416 e. The zero-order valence-corrected chi connectivity index (χ0v) is 11.3. The predicted octanol–water partition coefficient (Wildman–Crippen LogP) is 4.61. The van der Waals surface area contributed by atoms with E-state index in [0.29, 0.717) is 5.92 Å². The van der Waals surface area contributed by atoms with Gasteiger partial charge in [-0.25, -0.2) is 0 Å². The number of rotatable bonds is 4. The molecule has 2 atom stereocenters. The van der Waals surface area contributed by atoms with Crippen LogP contribution in [0.2, 0.25) is 0 Å². The molecule has 1 saturated carbocycles. The van der Waals surface area contributed by atoms with E-state index in [1.807, 2.05) is 6.92 Å². The van der Waals surface area contributed by atoms with Crippen molar-refractivity contribution in [3.63, 3.8) is 0 Å². The van der Waals surface area contributed by atoms with Crippen molar-refractivity contribution in [2.24, 2.45) is 5.92 Å². The van der Waals surface area contributed by atoms with Gasteiger partial charge in [0.2, 0.25) is 0 Å². The van der Waals surface area contributed by atoms with Crippen LogP contribution in [0.25, 0.3) is 0 Å². The van der Waals surface area contributed by atoms with Gasteiger partial charge in [0.25, 0.3) is 0 Å². The molecule has 21 heavy (non-hydrogen) atoms. The van der Waals surface area contributed by atoms with Gasteiger partial charge in [-0.05, 0) is 36.1 Å². The zero-order valence-electron chi connectivity index (χ0n) is 11.3. The summed E-state index contributed by atoms with van der Waals surface area (Å²) in [6.07, 6.45) is -7.71. The molecule has 0 aromatic heterocycles. The van der Waals surface area contributed by atoms with Gasteiger partial charge in [-0.3, -0.25) is 0 Å². The molecule has 0 spiro atoms. The maximum atomic E-state index is 12.7. The lowest BCUT2D eigenvalue weighted by molar-refractivity contribution is -0.143. The van der Waals surface area contributed by atoms with Gasteiger partial charge in [0, 0.05) is 12.6 Å². The first-order chi connectivity index (χ1) is 9.61. The number of benzene rings is 1. The molecule has 1 nitrogen and oxygen atoms in total. The van der Waals surface area contributed by atoms with Gasteiger partial charge in [-0.15, -0.1) is 0 Å². The average Bonchev–Trinajstić information content (AvgIpc) is 3.12. The van der Waals surface area contributed by atoms with Crippen molar-refractivity contribution in [1.29, 1.82) is 0 Å². The molecule has 0 aliphatic heterocycles. The number of alkyl halides is 6. The largest absolute Gasteiger partial charge is 0.416 e. The third-order valence-electron chi connectivity index (χ3n) is 3.66. The lowest BCUT2D eigenvalue weighted by Crippen LogP contribution is -2.19. The summed E-state index contributed by atoms with van der Waals surface area (Å²) in [4.78, 5) is 0. The Balaban J connectivity index is 2.19. The van der Waals surface area contributed by atoms with E-state index < -0.39 is 23.5 Å². The smallest absolute Gasteiger partial charge is 0.310 e. The lowest BCUT2D eigenvalue weighted by Gasteiger charge is -2.14. The van der Waals surface area contributed by atoms with Gasteiger partial charge in [0.1, 0.15) is 0 Å². The first-order valence-corrected chi connectivity index (χ1v) is 6.63. The Morgan fingerprint density at radius 2 is 1.52 bits per heavy atom. The second-order valence-electron chi connectivity index (χ2n) is 5.31. The fraction of sp³-hybridized carbons (Fsp3) is 0.571. The third-order valence-corrected chi connectivity index (χ3v) is 3.66. The van der Waals surface area contributed by atoms with Gasteiger partial charge < -0.3 is 5.32 Å². The van der Waals surface area contributed by atoms with Crippen LogP contribution in [0.4, 0.5) is 26.3 Å². The Morgan fingerprint density at radius 1 is 1.00 bits per heavy atom. The highest BCUT2D eigenvalue weighted by atomic mass is 19.4. The molecule has 1 aromatic rings.